The van der Waals surface area contributed by atoms with Crippen LogP contribution in [0.4, 0.5) is 15.7 Å². The van der Waals surface area contributed by atoms with Crippen LogP contribution in [-0.2, 0) is 6.42 Å². The van der Waals surface area contributed by atoms with Crippen LogP contribution < -0.4 is 16.0 Å². The molecule has 3 heterocycles. The third kappa shape index (κ3) is 3.54. The van der Waals surface area contributed by atoms with Gasteiger partial charge in [0.05, 0.1) is 22.0 Å². The molecule has 0 saturated carbocycles. The van der Waals surface area contributed by atoms with Crippen molar-refractivity contribution in [3.05, 3.63) is 29.6 Å². The Morgan fingerprint density at radius 1 is 1.37 bits per heavy atom. The van der Waals surface area contributed by atoms with Crippen LogP contribution in [0.25, 0.3) is 21.8 Å². The van der Waals surface area contributed by atoms with E-state index >= 15 is 0 Å². The molecule has 1 aliphatic rings. The minimum Gasteiger partial charge on any atom is -0.370 e. The highest BCUT2D eigenvalue weighted by Gasteiger charge is 2.34. The topological polar surface area (TPSA) is 96.8 Å². The first-order chi connectivity index (χ1) is 14.4. The van der Waals surface area contributed by atoms with E-state index in [0.29, 0.717) is 5.13 Å². The van der Waals surface area contributed by atoms with Crippen LogP contribution in [0.1, 0.15) is 50.9 Å². The highest BCUT2D eigenvalue weighted by atomic mass is 32.1. The molecule has 30 heavy (non-hydrogen) atoms. The second kappa shape index (κ2) is 8.06. The molecule has 158 valence electrons. The number of nitrogens with zero attached hydrogens (tertiary/aromatic N) is 4. The van der Waals surface area contributed by atoms with E-state index in [1.54, 1.807) is 7.05 Å². The first kappa shape index (κ1) is 20.3. The van der Waals surface area contributed by atoms with Crippen LogP contribution in [0, 0.1) is 0 Å². The van der Waals surface area contributed by atoms with Gasteiger partial charge < -0.3 is 10.6 Å². The highest BCUT2D eigenvalue weighted by molar-refractivity contribution is 7.19. The van der Waals surface area contributed by atoms with Crippen LogP contribution in [0.5, 0.6) is 0 Å². The van der Waals surface area contributed by atoms with Gasteiger partial charge in [-0.05, 0) is 45.2 Å². The van der Waals surface area contributed by atoms with Crippen LogP contribution in [0.2, 0.25) is 0 Å². The zero-order valence-electron chi connectivity index (χ0n) is 17.9. The number of pyridine rings is 1. The van der Waals surface area contributed by atoms with Crippen molar-refractivity contribution in [3.8, 4) is 21.8 Å². The van der Waals surface area contributed by atoms with Crippen LogP contribution in [0.3, 0.4) is 0 Å². The fourth-order valence-electron chi connectivity index (χ4n) is 3.83. The van der Waals surface area contributed by atoms with Gasteiger partial charge in [-0.15, -0.1) is 0 Å². The van der Waals surface area contributed by atoms with E-state index in [2.05, 4.69) is 64.4 Å². The summed E-state index contributed by atoms with van der Waals surface area (Å²) < 4.78 is 2.08. The Kier molecular flexibility index (Phi) is 5.46. The molecule has 1 atom stereocenters. The van der Waals surface area contributed by atoms with Gasteiger partial charge in [0.25, 0.3) is 0 Å². The van der Waals surface area contributed by atoms with Gasteiger partial charge in [-0.1, -0.05) is 18.3 Å². The van der Waals surface area contributed by atoms with Crippen LogP contribution in [0.15, 0.2) is 18.3 Å². The number of carbonyl (C=O) groups is 1. The second-order valence-electron chi connectivity index (χ2n) is 7.72. The molecule has 0 bridgehead atoms. The first-order valence-corrected chi connectivity index (χ1v) is 11.1. The average Bonchev–Trinajstić information content (AvgIpc) is 3.30. The minimum absolute atomic E-state index is 0.192. The Hall–Kier alpha value is -2.94. The summed E-state index contributed by atoms with van der Waals surface area (Å²) in [6.45, 7) is 9.36. The summed E-state index contributed by atoms with van der Waals surface area (Å²) in [7, 11) is 1.60. The monoisotopic (exact) mass is 425 g/mol. The largest absolute Gasteiger partial charge is 0.370 e. The molecular weight excluding hydrogens is 398 g/mol. The molecule has 9 heteroatoms. The average molecular weight is 426 g/mol. The van der Waals surface area contributed by atoms with Gasteiger partial charge in [0.15, 0.2) is 5.13 Å². The molecule has 3 N–H and O–H groups in total. The smallest absolute Gasteiger partial charge is 0.320 e. The number of aromatic nitrogens is 4. The Bertz CT molecular complexity index is 1070. The van der Waals surface area contributed by atoms with E-state index in [0.717, 1.165) is 46.3 Å². The minimum atomic E-state index is -0.265. The SMILES string of the molecule is CCNc1ccc(-c2nn(C(C)C)c3c2C(C)Cc2nc(NC(=O)NC)sc2-3)cn1. The van der Waals surface area contributed by atoms with Crippen molar-refractivity contribution < 1.29 is 4.79 Å². The Morgan fingerprint density at radius 3 is 2.80 bits per heavy atom. The first-order valence-electron chi connectivity index (χ1n) is 10.2. The number of fused-ring (bicyclic) bond motifs is 3. The van der Waals surface area contributed by atoms with Gasteiger partial charge in [0, 0.05) is 37.0 Å². The number of nitrogens with one attached hydrogen (secondary N) is 3. The number of thiazole rings is 1. The standard InChI is InChI=1S/C21H27N7OS/c1-6-23-15-8-7-13(10-24-15)17-16-12(4)9-14-19(18(16)28(27-17)11(2)3)30-21(25-14)26-20(29)22-5/h7-8,10-12H,6,9H2,1-5H3,(H,23,24)(H2,22,25,26,29). The van der Waals surface area contributed by atoms with Gasteiger partial charge in [-0.2, -0.15) is 5.10 Å². The molecule has 1 aliphatic carbocycles. The number of hydrogen-bond acceptors (Lipinski definition) is 6. The van der Waals surface area contributed by atoms with Crippen molar-refractivity contribution in [2.75, 3.05) is 24.2 Å². The van der Waals surface area contributed by atoms with Gasteiger partial charge in [0.1, 0.15) is 5.82 Å². The van der Waals surface area contributed by atoms with Crippen molar-refractivity contribution in [2.24, 2.45) is 0 Å². The molecule has 3 aromatic rings. The molecule has 0 aromatic carbocycles. The molecule has 0 spiro atoms. The van der Waals surface area contributed by atoms with E-state index in [-0.39, 0.29) is 18.0 Å². The maximum absolute atomic E-state index is 11.8. The van der Waals surface area contributed by atoms with Crippen molar-refractivity contribution in [3.63, 3.8) is 0 Å². The lowest BCUT2D eigenvalue weighted by Crippen LogP contribution is -2.24. The third-order valence-corrected chi connectivity index (χ3v) is 6.20. The lowest BCUT2D eigenvalue weighted by Gasteiger charge is -2.21. The van der Waals surface area contributed by atoms with E-state index in [1.165, 1.54) is 16.9 Å². The zero-order valence-corrected chi connectivity index (χ0v) is 18.7. The summed E-state index contributed by atoms with van der Waals surface area (Å²) in [6, 6.07) is 4.00. The van der Waals surface area contributed by atoms with Crippen molar-refractivity contribution in [1.29, 1.82) is 0 Å². The fraction of sp³-hybridized carbons (Fsp3) is 0.429. The molecule has 3 aromatic heterocycles. The van der Waals surface area contributed by atoms with Crippen molar-refractivity contribution in [1.82, 2.24) is 25.1 Å². The van der Waals surface area contributed by atoms with Crippen LogP contribution in [-0.4, -0.2) is 39.4 Å². The van der Waals surface area contributed by atoms with E-state index in [4.69, 9.17) is 5.10 Å². The maximum atomic E-state index is 11.8. The molecule has 0 radical (unpaired) electrons. The molecule has 0 saturated heterocycles. The van der Waals surface area contributed by atoms with Gasteiger partial charge in [0.2, 0.25) is 0 Å². The summed E-state index contributed by atoms with van der Waals surface area (Å²) >= 11 is 1.50. The van der Waals surface area contributed by atoms with Gasteiger partial charge in [-0.25, -0.2) is 14.8 Å². The predicted octanol–water partition coefficient (Wildman–Crippen LogP) is 4.49. The zero-order chi connectivity index (χ0) is 21.4. The van der Waals surface area contributed by atoms with Crippen molar-refractivity contribution in [2.45, 2.75) is 46.1 Å². The van der Waals surface area contributed by atoms with Crippen molar-refractivity contribution >= 4 is 28.3 Å². The third-order valence-electron chi connectivity index (χ3n) is 5.18. The number of hydrogen-bond donors (Lipinski definition) is 3. The molecular formula is C21H27N7OS. The molecule has 8 nitrogen and oxygen atoms in total. The summed E-state index contributed by atoms with van der Waals surface area (Å²) in [4.78, 5) is 22.1. The normalized spacial score (nSPS) is 14.9. The predicted molar refractivity (Wildman–Crippen MR) is 121 cm³/mol. The van der Waals surface area contributed by atoms with Crippen LogP contribution >= 0.6 is 11.3 Å². The highest BCUT2D eigenvalue weighted by Crippen LogP contribution is 2.48. The number of carbonyl (C=O) groups excluding carboxylic acids is 1. The lowest BCUT2D eigenvalue weighted by molar-refractivity contribution is 0.254. The number of rotatable bonds is 5. The molecule has 0 fully saturated rings. The van der Waals surface area contributed by atoms with E-state index in [9.17, 15) is 4.79 Å². The number of urea groups is 1. The number of anilines is 2. The second-order valence-corrected chi connectivity index (χ2v) is 8.71. The van der Waals surface area contributed by atoms with E-state index in [1.807, 2.05) is 12.3 Å². The quantitative estimate of drug-likeness (QED) is 0.559. The summed E-state index contributed by atoms with van der Waals surface area (Å²) in [5, 5.41) is 14.2. The lowest BCUT2D eigenvalue weighted by atomic mass is 9.86. The summed E-state index contributed by atoms with van der Waals surface area (Å²) in [6.07, 6.45) is 2.70. The summed E-state index contributed by atoms with van der Waals surface area (Å²) in [5.41, 5.74) is 5.33. The molecule has 4 rings (SSSR count). The number of amides is 2. The Morgan fingerprint density at radius 2 is 2.17 bits per heavy atom. The maximum Gasteiger partial charge on any atom is 0.320 e. The molecule has 1 unspecified atom stereocenters. The molecule has 0 aliphatic heterocycles. The summed E-state index contributed by atoms with van der Waals surface area (Å²) in [5.74, 6) is 1.12. The fourth-order valence-corrected chi connectivity index (χ4v) is 4.87. The Balaban J connectivity index is 1.83. The Labute approximate surface area is 180 Å². The molecule has 2 amide bonds. The van der Waals surface area contributed by atoms with Gasteiger partial charge >= 0.3 is 6.03 Å². The van der Waals surface area contributed by atoms with E-state index < -0.39 is 0 Å². The van der Waals surface area contributed by atoms with Gasteiger partial charge in [-0.3, -0.25) is 10.00 Å².